The maximum atomic E-state index is 11.1. The van der Waals surface area contributed by atoms with Crippen molar-refractivity contribution in [2.75, 3.05) is 0 Å². The van der Waals surface area contributed by atoms with Crippen LogP contribution in [0.5, 0.6) is 0 Å². The molecule has 4 rings (SSSR count). The molecule has 0 heterocycles. The summed E-state index contributed by atoms with van der Waals surface area (Å²) in [7, 11) is 0. The van der Waals surface area contributed by atoms with E-state index >= 15 is 0 Å². The van der Waals surface area contributed by atoms with Crippen molar-refractivity contribution in [1.82, 2.24) is 0 Å². The summed E-state index contributed by atoms with van der Waals surface area (Å²) < 4.78 is 0. The van der Waals surface area contributed by atoms with E-state index in [1.165, 1.54) is 32.1 Å². The van der Waals surface area contributed by atoms with E-state index in [-0.39, 0.29) is 44.9 Å². The zero-order valence-corrected chi connectivity index (χ0v) is 19.9. The van der Waals surface area contributed by atoms with E-state index in [0.717, 1.165) is 25.2 Å². The van der Waals surface area contributed by atoms with E-state index in [1.54, 1.807) is 0 Å². The first-order valence-corrected chi connectivity index (χ1v) is 10.5. The number of aliphatic hydroxyl groups is 2. The molecule has 0 aliphatic heterocycles. The molecular formula is C22H36O4Y-2. The minimum absolute atomic E-state index is 0. The van der Waals surface area contributed by atoms with Crippen LogP contribution >= 0.6 is 0 Å². The largest absolute Gasteiger partial charge is 0.665 e. The molecule has 0 aromatic carbocycles. The van der Waals surface area contributed by atoms with Crippen molar-refractivity contribution in [3.63, 3.8) is 0 Å². The fourth-order valence-corrected chi connectivity index (χ4v) is 7.79. The fraction of sp³-hybridized carbons (Fsp3) is 0.909. The van der Waals surface area contributed by atoms with Gasteiger partial charge in [-0.15, -0.1) is 0 Å². The minimum Gasteiger partial charge on any atom is -0.665 e. The normalized spacial score (nSPS) is 50.8. The van der Waals surface area contributed by atoms with Crippen LogP contribution in [-0.2, 0) is 37.5 Å². The monoisotopic (exact) mass is 453 g/mol. The second kappa shape index (κ2) is 9.10. The molecule has 5 heteroatoms. The van der Waals surface area contributed by atoms with Crippen LogP contribution in [0.15, 0.2) is 0 Å². The molecule has 4 aliphatic carbocycles. The Morgan fingerprint density at radius 3 is 2.19 bits per heavy atom. The summed E-state index contributed by atoms with van der Waals surface area (Å²) in [6, 6.07) is 0. The summed E-state index contributed by atoms with van der Waals surface area (Å²) in [4.78, 5) is 8.24. The Hall–Kier alpha value is 0.494. The zero-order chi connectivity index (χ0) is 19.1. The maximum absolute atomic E-state index is 11.1. The number of rotatable bonds is 1. The van der Waals surface area contributed by atoms with Gasteiger partial charge in [0.05, 0.1) is 12.2 Å². The third-order valence-electron chi connectivity index (χ3n) is 9.13. The number of fused-ring (bicyclic) bond motifs is 5. The predicted octanol–water partition coefficient (Wildman–Crippen LogP) is 3.81. The molecular weight excluding hydrogens is 417 g/mol. The third-order valence-corrected chi connectivity index (χ3v) is 9.13. The van der Waals surface area contributed by atoms with Crippen molar-refractivity contribution in [2.45, 2.75) is 84.3 Å². The predicted molar refractivity (Wildman–Crippen MR) is 101 cm³/mol. The average Bonchev–Trinajstić information content (AvgIpc) is 2.93. The molecule has 0 aromatic heterocycles. The van der Waals surface area contributed by atoms with Crippen LogP contribution in [0.25, 0.3) is 0 Å². The average molecular weight is 453 g/mol. The van der Waals surface area contributed by atoms with Gasteiger partial charge in [0.15, 0.2) is 0 Å². The molecule has 4 fully saturated rings. The van der Waals surface area contributed by atoms with Gasteiger partial charge < -0.3 is 26.5 Å². The Morgan fingerprint density at radius 2 is 1.56 bits per heavy atom. The van der Waals surface area contributed by atoms with Gasteiger partial charge in [0, 0.05) is 32.7 Å². The van der Waals surface area contributed by atoms with Gasteiger partial charge in [0.2, 0.25) is 0 Å². The molecule has 0 saturated heterocycles. The van der Waals surface area contributed by atoms with Crippen molar-refractivity contribution in [1.29, 1.82) is 0 Å². The third kappa shape index (κ3) is 3.94. The summed E-state index contributed by atoms with van der Waals surface area (Å²) in [5.74, 6) is 3.18. The standard InChI is InChI=1S/C21H35O2.CHO2.Y/c1-4-13-5-6-16-19-17(8-10-20(13,16)2)21(3)9-7-15(22)11-14(21)12-18(19)23;2-1-3;/h4,13-19,22-23H,5-12H2,1-3H3;(H,2,3);/q2*-1;/t13-,14-,15+,16?,17?,18+,19?,20+,21-;;/m0../s1. The van der Waals surface area contributed by atoms with Gasteiger partial charge in [-0.25, -0.2) is 0 Å². The summed E-state index contributed by atoms with van der Waals surface area (Å²) in [5, 5.41) is 28.0. The van der Waals surface area contributed by atoms with Gasteiger partial charge in [-0.05, 0) is 67.6 Å². The Morgan fingerprint density at radius 1 is 0.963 bits per heavy atom. The zero-order valence-electron chi connectivity index (χ0n) is 17.1. The minimum atomic E-state index is -0.136. The molecule has 0 bridgehead atoms. The summed E-state index contributed by atoms with van der Waals surface area (Å²) in [6.07, 6.45) is 11.4. The van der Waals surface area contributed by atoms with Crippen LogP contribution in [0.1, 0.15) is 72.1 Å². The molecule has 9 atom stereocenters. The Bertz CT molecular complexity index is 515. The van der Waals surface area contributed by atoms with E-state index in [0.29, 0.717) is 41.0 Å². The molecule has 3 unspecified atom stereocenters. The molecule has 4 aliphatic rings. The van der Waals surface area contributed by atoms with E-state index in [4.69, 9.17) is 9.90 Å². The molecule has 153 valence electrons. The van der Waals surface area contributed by atoms with Gasteiger partial charge >= 0.3 is 0 Å². The van der Waals surface area contributed by atoms with Crippen molar-refractivity contribution < 1.29 is 52.8 Å². The van der Waals surface area contributed by atoms with Gasteiger partial charge in [0.25, 0.3) is 0 Å². The van der Waals surface area contributed by atoms with E-state index in [2.05, 4.69) is 27.2 Å². The van der Waals surface area contributed by atoms with Gasteiger partial charge in [-0.1, -0.05) is 38.6 Å². The SMILES string of the molecule is C[CH-][C@H]1CCC2C3C(CC[C@@]21C)[C@@]1(C)CC[C@@H](O)C[C@H]1C[C@H]3O.O=[C-]O.[Y]. The first-order valence-electron chi connectivity index (χ1n) is 10.5. The number of hydrogen-bond acceptors (Lipinski definition) is 3. The van der Waals surface area contributed by atoms with Crippen molar-refractivity contribution >= 4 is 6.47 Å². The topological polar surface area (TPSA) is 77.8 Å². The molecule has 0 amide bonds. The molecule has 27 heavy (non-hydrogen) atoms. The number of aliphatic hydroxyl groups excluding tert-OH is 3. The van der Waals surface area contributed by atoms with E-state index in [1.807, 2.05) is 0 Å². The quantitative estimate of drug-likeness (QED) is 0.528. The van der Waals surface area contributed by atoms with E-state index in [9.17, 15) is 10.2 Å². The number of hydrogen-bond donors (Lipinski definition) is 3. The summed E-state index contributed by atoms with van der Waals surface area (Å²) >= 11 is 0. The summed E-state index contributed by atoms with van der Waals surface area (Å²) in [5.41, 5.74) is 0.784. The van der Waals surface area contributed by atoms with Crippen LogP contribution in [0.2, 0.25) is 0 Å². The van der Waals surface area contributed by atoms with Gasteiger partial charge in [-0.2, -0.15) is 12.8 Å². The molecule has 0 aromatic rings. The summed E-state index contributed by atoms with van der Waals surface area (Å²) in [6.45, 7) is 7.74. The van der Waals surface area contributed by atoms with Crippen LogP contribution < -0.4 is 0 Å². The first kappa shape index (κ1) is 23.8. The second-order valence-corrected chi connectivity index (χ2v) is 9.88. The molecule has 3 N–H and O–H groups in total. The second-order valence-electron chi connectivity index (χ2n) is 9.88. The Kier molecular flexibility index (Phi) is 8.01. The van der Waals surface area contributed by atoms with Crippen molar-refractivity contribution in [3.05, 3.63) is 6.42 Å². The smallest absolute Gasteiger partial charge is 0.0577 e. The Labute approximate surface area is 189 Å². The van der Waals surface area contributed by atoms with Crippen molar-refractivity contribution in [2.24, 2.45) is 40.4 Å². The van der Waals surface area contributed by atoms with Crippen molar-refractivity contribution in [3.8, 4) is 0 Å². The van der Waals surface area contributed by atoms with E-state index < -0.39 is 0 Å². The van der Waals surface area contributed by atoms with Gasteiger partial charge in [0.1, 0.15) is 0 Å². The first-order chi connectivity index (χ1) is 12.3. The molecule has 1 radical (unpaired) electrons. The molecule has 4 saturated carbocycles. The fourth-order valence-electron chi connectivity index (χ4n) is 7.79. The molecule has 4 nitrogen and oxygen atoms in total. The van der Waals surface area contributed by atoms with Crippen LogP contribution in [0.3, 0.4) is 0 Å². The van der Waals surface area contributed by atoms with Gasteiger partial charge in [-0.3, -0.25) is 0 Å². The van der Waals surface area contributed by atoms with Crippen LogP contribution in [0, 0.1) is 46.8 Å². The molecule has 0 spiro atoms. The maximum Gasteiger partial charge on any atom is 0.0577 e. The Balaban J connectivity index is 0.000000614. The van der Waals surface area contributed by atoms with Crippen LogP contribution in [-0.4, -0.2) is 34.0 Å². The van der Waals surface area contributed by atoms with Crippen LogP contribution in [0.4, 0.5) is 0 Å².